The summed E-state index contributed by atoms with van der Waals surface area (Å²) in [4.78, 5) is 16.5. The van der Waals surface area contributed by atoms with Gasteiger partial charge in [0, 0.05) is 37.6 Å². The number of anilines is 3. The minimum Gasteiger partial charge on any atom is -0.478 e. The van der Waals surface area contributed by atoms with Gasteiger partial charge < -0.3 is 14.9 Å². The number of aryl methyl sites for hydroxylation is 2. The van der Waals surface area contributed by atoms with E-state index in [1.54, 1.807) is 24.3 Å². The molecule has 0 amide bonds. The normalized spacial score (nSPS) is 14.2. The number of carbonyl (C=O) groups is 1. The molecule has 0 saturated carbocycles. The van der Waals surface area contributed by atoms with Crippen LogP contribution in [0.2, 0.25) is 0 Å². The molecule has 0 atom stereocenters. The van der Waals surface area contributed by atoms with E-state index in [4.69, 9.17) is 0 Å². The van der Waals surface area contributed by atoms with Crippen molar-refractivity contribution >= 4 is 33.1 Å². The van der Waals surface area contributed by atoms with Gasteiger partial charge in [-0.25, -0.2) is 13.2 Å². The van der Waals surface area contributed by atoms with Crippen molar-refractivity contribution in [2.24, 2.45) is 0 Å². The Kier molecular flexibility index (Phi) is 6.29. The number of carboxylic acids is 1. The fourth-order valence-corrected chi connectivity index (χ4v) is 5.11. The van der Waals surface area contributed by atoms with Crippen molar-refractivity contribution in [2.75, 3.05) is 40.7 Å². The largest absolute Gasteiger partial charge is 0.478 e. The Hall–Kier alpha value is -3.52. The number of nitrogens with zero attached hydrogens (tertiary/aromatic N) is 2. The second-order valence-electron chi connectivity index (χ2n) is 8.20. The number of piperazine rings is 1. The topological polar surface area (TPSA) is 90.0 Å². The summed E-state index contributed by atoms with van der Waals surface area (Å²) in [6.45, 7) is 6.84. The van der Waals surface area contributed by atoms with Gasteiger partial charge in [-0.2, -0.15) is 0 Å². The third kappa shape index (κ3) is 4.96. The molecule has 0 spiro atoms. The lowest BCUT2D eigenvalue weighted by molar-refractivity contribution is 0.0698. The number of aromatic carboxylic acids is 1. The highest BCUT2D eigenvalue weighted by Gasteiger charge is 2.22. The predicted molar refractivity (Wildman–Crippen MR) is 131 cm³/mol. The molecule has 2 N–H and O–H groups in total. The number of sulfonamides is 1. The second kappa shape index (κ2) is 9.15. The summed E-state index contributed by atoms with van der Waals surface area (Å²) in [5.41, 5.74) is 3.73. The number of hydrogen-bond donors (Lipinski definition) is 2. The highest BCUT2D eigenvalue weighted by Crippen LogP contribution is 2.28. The van der Waals surface area contributed by atoms with Gasteiger partial charge in [-0.15, -0.1) is 0 Å². The molecule has 0 bridgehead atoms. The highest BCUT2D eigenvalue weighted by molar-refractivity contribution is 7.92. The van der Waals surface area contributed by atoms with Crippen molar-refractivity contribution in [3.63, 3.8) is 0 Å². The maximum absolute atomic E-state index is 12.9. The van der Waals surface area contributed by atoms with Crippen molar-refractivity contribution in [1.82, 2.24) is 0 Å². The molecule has 172 valence electrons. The predicted octanol–water partition coefficient (Wildman–Crippen LogP) is 4.13. The van der Waals surface area contributed by atoms with Crippen LogP contribution in [0, 0.1) is 13.8 Å². The lowest BCUT2D eigenvalue weighted by Gasteiger charge is -2.37. The highest BCUT2D eigenvalue weighted by atomic mass is 32.2. The van der Waals surface area contributed by atoms with Gasteiger partial charge in [-0.1, -0.05) is 24.3 Å². The molecule has 0 radical (unpaired) electrons. The zero-order valence-electron chi connectivity index (χ0n) is 18.7. The van der Waals surface area contributed by atoms with Gasteiger partial charge >= 0.3 is 5.97 Å². The molecule has 3 aromatic rings. The Morgan fingerprint density at radius 3 is 2.06 bits per heavy atom. The Morgan fingerprint density at radius 1 is 0.818 bits per heavy atom. The lowest BCUT2D eigenvalue weighted by Crippen LogP contribution is -2.46. The molecule has 0 unspecified atom stereocenters. The van der Waals surface area contributed by atoms with Crippen molar-refractivity contribution < 1.29 is 18.3 Å². The van der Waals surface area contributed by atoms with Crippen LogP contribution in [-0.4, -0.2) is 45.7 Å². The molecule has 8 heteroatoms. The van der Waals surface area contributed by atoms with E-state index in [2.05, 4.69) is 26.7 Å². The van der Waals surface area contributed by atoms with Gasteiger partial charge in [0.2, 0.25) is 0 Å². The van der Waals surface area contributed by atoms with Gasteiger partial charge in [0.25, 0.3) is 10.0 Å². The van der Waals surface area contributed by atoms with Crippen LogP contribution >= 0.6 is 0 Å². The van der Waals surface area contributed by atoms with Crippen LogP contribution in [0.3, 0.4) is 0 Å². The SMILES string of the molecule is Cc1ccc(S(=O)(=O)Nc2ccc(N3CCN(c4ccccc4)CC3)cc2C(=O)O)cc1C. The van der Waals surface area contributed by atoms with E-state index >= 15 is 0 Å². The van der Waals surface area contributed by atoms with Crippen molar-refractivity contribution in [2.45, 2.75) is 18.7 Å². The smallest absolute Gasteiger partial charge is 0.337 e. The molecule has 3 aromatic carbocycles. The molecule has 0 aliphatic carbocycles. The maximum Gasteiger partial charge on any atom is 0.337 e. The molecule has 0 aromatic heterocycles. The van der Waals surface area contributed by atoms with E-state index in [1.807, 2.05) is 32.0 Å². The maximum atomic E-state index is 12.9. The first-order valence-corrected chi connectivity index (χ1v) is 12.3. The van der Waals surface area contributed by atoms with Crippen LogP contribution in [0.1, 0.15) is 21.5 Å². The van der Waals surface area contributed by atoms with E-state index in [1.165, 1.54) is 17.8 Å². The van der Waals surface area contributed by atoms with Crippen LogP contribution in [0.15, 0.2) is 71.6 Å². The van der Waals surface area contributed by atoms with Crippen LogP contribution in [0.5, 0.6) is 0 Å². The summed E-state index contributed by atoms with van der Waals surface area (Å²) in [6.07, 6.45) is 0. The first kappa shape index (κ1) is 22.7. The van der Waals surface area contributed by atoms with Crippen LogP contribution in [0.4, 0.5) is 17.1 Å². The number of para-hydroxylation sites is 1. The Bertz CT molecular complexity index is 1270. The molecule has 1 heterocycles. The van der Waals surface area contributed by atoms with Gasteiger partial charge in [-0.05, 0) is 67.4 Å². The van der Waals surface area contributed by atoms with Crippen LogP contribution in [-0.2, 0) is 10.0 Å². The zero-order valence-corrected chi connectivity index (χ0v) is 19.5. The summed E-state index contributed by atoms with van der Waals surface area (Å²) in [6, 6.07) is 19.8. The second-order valence-corrected chi connectivity index (χ2v) is 9.88. The molecule has 1 aliphatic heterocycles. The number of carboxylic acid groups (broad SMARTS) is 1. The van der Waals surface area contributed by atoms with Crippen molar-refractivity contribution in [3.05, 3.63) is 83.4 Å². The van der Waals surface area contributed by atoms with E-state index in [0.717, 1.165) is 43.0 Å². The van der Waals surface area contributed by atoms with Crippen molar-refractivity contribution in [3.8, 4) is 0 Å². The van der Waals surface area contributed by atoms with E-state index in [-0.39, 0.29) is 16.1 Å². The van der Waals surface area contributed by atoms with E-state index in [9.17, 15) is 18.3 Å². The molecule has 1 saturated heterocycles. The van der Waals surface area contributed by atoms with E-state index in [0.29, 0.717) is 0 Å². The standard InChI is InChI=1S/C25H27N3O4S/c1-18-8-10-22(16-19(18)2)33(31,32)26-24-11-9-21(17-23(24)25(29)30)28-14-12-27(13-15-28)20-6-4-3-5-7-20/h3-11,16-17,26H,12-15H2,1-2H3,(H,29,30). The molecular formula is C25H27N3O4S. The molecular weight excluding hydrogens is 438 g/mol. The van der Waals surface area contributed by atoms with Gasteiger partial charge in [0.15, 0.2) is 0 Å². The third-order valence-corrected chi connectivity index (χ3v) is 7.40. The summed E-state index contributed by atoms with van der Waals surface area (Å²) in [5, 5.41) is 9.77. The summed E-state index contributed by atoms with van der Waals surface area (Å²) >= 11 is 0. The summed E-state index contributed by atoms with van der Waals surface area (Å²) in [7, 11) is -3.92. The Labute approximate surface area is 194 Å². The van der Waals surface area contributed by atoms with Crippen LogP contribution in [0.25, 0.3) is 0 Å². The first-order chi connectivity index (χ1) is 15.7. The minimum absolute atomic E-state index is 0.0485. The number of nitrogens with one attached hydrogen (secondary N) is 1. The zero-order chi connectivity index (χ0) is 23.6. The molecule has 7 nitrogen and oxygen atoms in total. The number of benzene rings is 3. The monoisotopic (exact) mass is 465 g/mol. The average Bonchev–Trinajstić information content (AvgIpc) is 2.81. The molecule has 33 heavy (non-hydrogen) atoms. The average molecular weight is 466 g/mol. The van der Waals surface area contributed by atoms with Crippen molar-refractivity contribution in [1.29, 1.82) is 0 Å². The van der Waals surface area contributed by atoms with Crippen LogP contribution < -0.4 is 14.5 Å². The summed E-state index contributed by atoms with van der Waals surface area (Å²) < 4.78 is 28.2. The Morgan fingerprint density at radius 2 is 1.45 bits per heavy atom. The van der Waals surface area contributed by atoms with Gasteiger partial charge in [0.1, 0.15) is 0 Å². The first-order valence-electron chi connectivity index (χ1n) is 10.8. The number of rotatable bonds is 6. The fraction of sp³-hybridized carbons (Fsp3) is 0.240. The third-order valence-electron chi connectivity index (χ3n) is 6.03. The summed E-state index contributed by atoms with van der Waals surface area (Å²) in [5.74, 6) is -1.18. The van der Waals surface area contributed by atoms with Gasteiger partial charge in [-0.3, -0.25) is 4.72 Å². The van der Waals surface area contributed by atoms with Gasteiger partial charge in [0.05, 0.1) is 16.1 Å². The minimum atomic E-state index is -3.92. The molecule has 1 aliphatic rings. The lowest BCUT2D eigenvalue weighted by atomic mass is 10.1. The fourth-order valence-electron chi connectivity index (χ4n) is 3.94. The number of hydrogen-bond acceptors (Lipinski definition) is 5. The molecule has 4 rings (SSSR count). The quantitative estimate of drug-likeness (QED) is 0.569. The molecule has 1 fully saturated rings. The van der Waals surface area contributed by atoms with E-state index < -0.39 is 16.0 Å². The Balaban J connectivity index is 1.53.